The average molecular weight is 617 g/mol. The van der Waals surface area contributed by atoms with Crippen molar-refractivity contribution in [1.29, 1.82) is 0 Å². The predicted molar refractivity (Wildman–Crippen MR) is 182 cm³/mol. The zero-order valence-corrected chi connectivity index (χ0v) is 27.0. The summed E-state index contributed by atoms with van der Waals surface area (Å²) >= 11 is 0. The van der Waals surface area contributed by atoms with Gasteiger partial charge in [0.1, 0.15) is 11.6 Å². The summed E-state index contributed by atoms with van der Waals surface area (Å²) in [6.07, 6.45) is 10.7. The van der Waals surface area contributed by atoms with Crippen LogP contribution in [-0.2, 0) is 12.8 Å². The molecule has 4 nitrogen and oxygen atoms in total. The molecule has 0 saturated carbocycles. The SMILES string of the molecule is Cc1cc(C)cc(C(CCc2cnc[nH]2)c2cc(C)cc(C)c2)c1.Fc1cccc(C(CCc2cnc[nH]2)c2cccc(F)c2)c1. The number of rotatable bonds is 10. The second-order valence-electron chi connectivity index (χ2n) is 12.3. The topological polar surface area (TPSA) is 57.4 Å². The van der Waals surface area contributed by atoms with E-state index >= 15 is 0 Å². The van der Waals surface area contributed by atoms with Crippen LogP contribution in [0.25, 0.3) is 0 Å². The summed E-state index contributed by atoms with van der Waals surface area (Å²) in [5.74, 6) is -0.207. The molecule has 0 aliphatic carbocycles. The first-order valence-corrected chi connectivity index (χ1v) is 15.9. The fourth-order valence-corrected chi connectivity index (χ4v) is 6.36. The third kappa shape index (κ3) is 9.10. The summed E-state index contributed by atoms with van der Waals surface area (Å²) in [7, 11) is 0. The highest BCUT2D eigenvalue weighted by Crippen LogP contribution is 2.32. The zero-order valence-electron chi connectivity index (χ0n) is 27.0. The van der Waals surface area contributed by atoms with Gasteiger partial charge in [-0.05, 0) is 99.9 Å². The Balaban J connectivity index is 0.000000182. The Morgan fingerprint density at radius 2 is 0.913 bits per heavy atom. The van der Waals surface area contributed by atoms with Crippen molar-refractivity contribution in [1.82, 2.24) is 19.9 Å². The molecule has 6 heteroatoms. The Hall–Kier alpha value is -4.84. The van der Waals surface area contributed by atoms with Gasteiger partial charge in [0.15, 0.2) is 0 Å². The maximum absolute atomic E-state index is 13.5. The summed E-state index contributed by atoms with van der Waals surface area (Å²) in [4.78, 5) is 14.4. The van der Waals surface area contributed by atoms with E-state index in [0.29, 0.717) is 5.92 Å². The van der Waals surface area contributed by atoms with Gasteiger partial charge in [-0.3, -0.25) is 0 Å². The summed E-state index contributed by atoms with van der Waals surface area (Å²) < 4.78 is 27.1. The van der Waals surface area contributed by atoms with Crippen molar-refractivity contribution in [3.63, 3.8) is 0 Å². The third-order valence-corrected chi connectivity index (χ3v) is 8.31. The Bertz CT molecular complexity index is 1690. The van der Waals surface area contributed by atoms with E-state index in [0.717, 1.165) is 42.5 Å². The number of aromatic amines is 2. The largest absolute Gasteiger partial charge is 0.348 e. The van der Waals surface area contributed by atoms with Crippen molar-refractivity contribution in [2.45, 2.75) is 65.2 Å². The number of hydrogen-bond donors (Lipinski definition) is 2. The molecule has 0 amide bonds. The first-order valence-electron chi connectivity index (χ1n) is 15.9. The van der Waals surface area contributed by atoms with Gasteiger partial charge >= 0.3 is 0 Å². The average Bonchev–Trinajstić information content (AvgIpc) is 3.72. The molecule has 0 aliphatic heterocycles. The predicted octanol–water partition coefficient (Wildman–Crippen LogP) is 9.86. The number of hydrogen-bond acceptors (Lipinski definition) is 2. The minimum absolute atomic E-state index is 0.0605. The number of benzene rings is 4. The van der Waals surface area contributed by atoms with Crippen LogP contribution in [0.5, 0.6) is 0 Å². The number of aromatic nitrogens is 4. The fraction of sp³-hybridized carbons (Fsp3) is 0.250. The van der Waals surface area contributed by atoms with E-state index in [4.69, 9.17) is 0 Å². The van der Waals surface area contributed by atoms with E-state index < -0.39 is 0 Å². The summed E-state index contributed by atoms with van der Waals surface area (Å²) in [5.41, 5.74) is 12.1. The molecular formula is C40H42F2N4. The number of nitrogens with one attached hydrogen (secondary N) is 2. The first kappa shape index (κ1) is 32.6. The minimum atomic E-state index is -0.277. The molecule has 2 N–H and O–H groups in total. The molecule has 4 aromatic carbocycles. The molecule has 0 saturated heterocycles. The minimum Gasteiger partial charge on any atom is -0.348 e. The van der Waals surface area contributed by atoms with Crippen LogP contribution in [0.2, 0.25) is 0 Å². The Labute approximate surface area is 271 Å². The number of H-pyrrole nitrogens is 2. The molecule has 0 aliphatic rings. The van der Waals surface area contributed by atoms with E-state index in [9.17, 15) is 8.78 Å². The highest BCUT2D eigenvalue weighted by atomic mass is 19.1. The number of halogens is 2. The van der Waals surface area contributed by atoms with Gasteiger partial charge in [-0.25, -0.2) is 18.7 Å². The fourth-order valence-electron chi connectivity index (χ4n) is 6.36. The van der Waals surface area contributed by atoms with Gasteiger partial charge < -0.3 is 9.97 Å². The Morgan fingerprint density at radius 3 is 1.26 bits per heavy atom. The Morgan fingerprint density at radius 1 is 0.522 bits per heavy atom. The van der Waals surface area contributed by atoms with E-state index in [2.05, 4.69) is 84.0 Å². The van der Waals surface area contributed by atoms with Crippen LogP contribution in [0, 0.1) is 39.3 Å². The molecule has 0 fully saturated rings. The van der Waals surface area contributed by atoms with E-state index in [1.54, 1.807) is 31.0 Å². The molecule has 0 bridgehead atoms. The molecule has 2 heterocycles. The third-order valence-electron chi connectivity index (χ3n) is 8.31. The molecular weight excluding hydrogens is 574 g/mol. The van der Waals surface area contributed by atoms with Gasteiger partial charge in [0.25, 0.3) is 0 Å². The van der Waals surface area contributed by atoms with Gasteiger partial charge in [0.05, 0.1) is 12.7 Å². The van der Waals surface area contributed by atoms with Crippen LogP contribution in [0.4, 0.5) is 8.78 Å². The highest BCUT2D eigenvalue weighted by Gasteiger charge is 2.17. The van der Waals surface area contributed by atoms with Crippen LogP contribution in [-0.4, -0.2) is 19.9 Å². The maximum Gasteiger partial charge on any atom is 0.123 e. The second-order valence-corrected chi connectivity index (χ2v) is 12.3. The molecule has 0 radical (unpaired) electrons. The van der Waals surface area contributed by atoms with Crippen LogP contribution >= 0.6 is 0 Å². The first-order chi connectivity index (χ1) is 22.2. The molecule has 46 heavy (non-hydrogen) atoms. The van der Waals surface area contributed by atoms with Crippen LogP contribution in [0.15, 0.2) is 110 Å². The van der Waals surface area contributed by atoms with Crippen molar-refractivity contribution >= 4 is 0 Å². The maximum atomic E-state index is 13.5. The van der Waals surface area contributed by atoms with Crippen molar-refractivity contribution in [3.8, 4) is 0 Å². The molecule has 236 valence electrons. The number of aryl methyl sites for hydroxylation is 6. The molecule has 6 aromatic rings. The van der Waals surface area contributed by atoms with Crippen LogP contribution in [0.1, 0.15) is 80.6 Å². The smallest absolute Gasteiger partial charge is 0.123 e. The lowest BCUT2D eigenvalue weighted by molar-refractivity contribution is 0.612. The highest BCUT2D eigenvalue weighted by molar-refractivity contribution is 5.40. The lowest BCUT2D eigenvalue weighted by Crippen LogP contribution is -2.05. The second kappa shape index (κ2) is 15.4. The van der Waals surface area contributed by atoms with Crippen molar-refractivity contribution < 1.29 is 8.78 Å². The van der Waals surface area contributed by atoms with Gasteiger partial charge in [-0.15, -0.1) is 0 Å². The van der Waals surface area contributed by atoms with Crippen molar-refractivity contribution in [3.05, 3.63) is 178 Å². The van der Waals surface area contributed by atoms with E-state index in [-0.39, 0.29) is 17.6 Å². The van der Waals surface area contributed by atoms with Gasteiger partial charge in [-0.2, -0.15) is 0 Å². The quantitative estimate of drug-likeness (QED) is 0.161. The molecule has 0 spiro atoms. The van der Waals surface area contributed by atoms with Crippen LogP contribution in [0.3, 0.4) is 0 Å². The zero-order chi connectivity index (χ0) is 32.5. The summed E-state index contributed by atoms with van der Waals surface area (Å²) in [6.45, 7) is 8.74. The number of imidazole rings is 2. The summed E-state index contributed by atoms with van der Waals surface area (Å²) in [5, 5.41) is 0. The Kier molecular flexibility index (Phi) is 10.9. The van der Waals surface area contributed by atoms with Gasteiger partial charge in [0.2, 0.25) is 0 Å². The standard InChI is InChI=1S/C22H26N2.C18H16F2N2/c1-15-7-16(2)10-19(9-15)22(6-5-21-13-23-14-24-21)20-11-17(3)8-18(4)12-20;19-15-5-1-3-13(9-15)18(8-7-17-11-21-12-22-17)14-4-2-6-16(20)10-14/h7-14,22H,5-6H2,1-4H3,(H,23,24);1-6,9-12,18H,7-8H2,(H,21,22). The normalized spacial score (nSPS) is 11.1. The summed E-state index contributed by atoms with van der Waals surface area (Å²) in [6, 6.07) is 26.8. The van der Waals surface area contributed by atoms with Crippen molar-refractivity contribution in [2.75, 3.05) is 0 Å². The number of nitrogens with zero attached hydrogens (tertiary/aromatic N) is 2. The van der Waals surface area contributed by atoms with E-state index in [1.165, 1.54) is 63.3 Å². The van der Waals surface area contributed by atoms with Crippen LogP contribution < -0.4 is 0 Å². The molecule has 6 rings (SSSR count). The lowest BCUT2D eigenvalue weighted by Gasteiger charge is -2.20. The molecule has 2 aromatic heterocycles. The van der Waals surface area contributed by atoms with Crippen molar-refractivity contribution in [2.24, 2.45) is 0 Å². The molecule has 0 unspecified atom stereocenters. The monoisotopic (exact) mass is 616 g/mol. The van der Waals surface area contributed by atoms with Gasteiger partial charge in [0, 0.05) is 35.6 Å². The molecule has 0 atom stereocenters. The van der Waals surface area contributed by atoms with Gasteiger partial charge in [-0.1, -0.05) is 82.9 Å². The lowest BCUT2D eigenvalue weighted by atomic mass is 9.84. The van der Waals surface area contributed by atoms with E-state index in [1.807, 2.05) is 18.3 Å².